The summed E-state index contributed by atoms with van der Waals surface area (Å²) in [6.45, 7) is 6.53. The van der Waals surface area contributed by atoms with Gasteiger partial charge in [0.25, 0.3) is 5.91 Å². The van der Waals surface area contributed by atoms with E-state index in [1.807, 2.05) is 19.9 Å². The Morgan fingerprint density at radius 3 is 2.73 bits per heavy atom. The minimum Gasteiger partial charge on any atom is -0.504 e. The molecule has 0 radical (unpaired) electrons. The fourth-order valence-electron chi connectivity index (χ4n) is 3.37. The van der Waals surface area contributed by atoms with Crippen LogP contribution in [-0.4, -0.2) is 45.3 Å². The van der Waals surface area contributed by atoms with Gasteiger partial charge in [-0.2, -0.15) is 0 Å². The van der Waals surface area contributed by atoms with Crippen molar-refractivity contribution in [1.82, 2.24) is 4.90 Å². The Bertz CT molecular complexity index is 621. The zero-order valence-corrected chi connectivity index (χ0v) is 13.3. The average Bonchev–Trinajstić information content (AvgIpc) is 2.73. The van der Waals surface area contributed by atoms with Gasteiger partial charge in [0.15, 0.2) is 11.5 Å². The first kappa shape index (κ1) is 15.2. The molecule has 3 rings (SSSR count). The second-order valence-corrected chi connectivity index (χ2v) is 7.32. The van der Waals surface area contributed by atoms with E-state index in [1.165, 1.54) is 0 Å². The molecule has 2 aliphatic heterocycles. The molecule has 1 amide bonds. The van der Waals surface area contributed by atoms with Crippen molar-refractivity contribution in [3.05, 3.63) is 23.3 Å². The Balaban J connectivity index is 1.89. The largest absolute Gasteiger partial charge is 0.504 e. The normalized spacial score (nSPS) is 26.5. The summed E-state index contributed by atoms with van der Waals surface area (Å²) in [5.74, 6) is 0.0755. The summed E-state index contributed by atoms with van der Waals surface area (Å²) in [6.07, 6.45) is 2.15. The smallest absolute Gasteiger partial charge is 0.257 e. The molecular weight excluding hydrogens is 282 g/mol. The lowest BCUT2D eigenvalue weighted by Crippen LogP contribution is -2.48. The van der Waals surface area contributed by atoms with Crippen LogP contribution in [0.4, 0.5) is 0 Å². The number of aromatic hydroxyl groups is 1. The van der Waals surface area contributed by atoms with Crippen molar-refractivity contribution in [3.63, 3.8) is 0 Å². The van der Waals surface area contributed by atoms with E-state index in [-0.39, 0.29) is 29.4 Å². The highest BCUT2D eigenvalue weighted by molar-refractivity contribution is 5.98. The van der Waals surface area contributed by atoms with Crippen LogP contribution in [0.2, 0.25) is 0 Å². The van der Waals surface area contributed by atoms with E-state index in [2.05, 4.69) is 0 Å². The maximum Gasteiger partial charge on any atom is 0.257 e. The first-order valence-corrected chi connectivity index (χ1v) is 7.74. The lowest BCUT2D eigenvalue weighted by Gasteiger charge is -2.37. The number of hydrogen-bond acceptors (Lipinski definition) is 4. The van der Waals surface area contributed by atoms with Gasteiger partial charge in [-0.1, -0.05) is 6.07 Å². The maximum atomic E-state index is 12.7. The van der Waals surface area contributed by atoms with Gasteiger partial charge in [-0.15, -0.1) is 0 Å². The molecular formula is C17H23NO4. The molecule has 1 fully saturated rings. The Kier molecular flexibility index (Phi) is 3.36. The van der Waals surface area contributed by atoms with Crippen LogP contribution in [0.5, 0.6) is 11.5 Å². The van der Waals surface area contributed by atoms with Crippen molar-refractivity contribution >= 4 is 5.91 Å². The third-order valence-electron chi connectivity index (χ3n) is 4.40. The molecule has 2 heterocycles. The minimum absolute atomic E-state index is 0.0849. The molecule has 0 unspecified atom stereocenters. The van der Waals surface area contributed by atoms with Gasteiger partial charge in [-0.05, 0) is 39.7 Å². The molecule has 0 bridgehead atoms. The Hall–Kier alpha value is -1.75. The predicted molar refractivity (Wildman–Crippen MR) is 82.3 cm³/mol. The molecule has 0 aliphatic carbocycles. The van der Waals surface area contributed by atoms with Crippen LogP contribution >= 0.6 is 0 Å². The number of fused-ring (bicyclic) bond motifs is 1. The van der Waals surface area contributed by atoms with Crippen molar-refractivity contribution in [2.75, 3.05) is 13.1 Å². The van der Waals surface area contributed by atoms with E-state index in [1.54, 1.807) is 17.9 Å². The predicted octanol–water partition coefficient (Wildman–Crippen LogP) is 2.09. The summed E-state index contributed by atoms with van der Waals surface area (Å²) in [5, 5.41) is 20.6. The summed E-state index contributed by atoms with van der Waals surface area (Å²) in [6, 6.07) is 3.50. The zero-order chi connectivity index (χ0) is 16.1. The number of carbonyl (C=O) groups is 1. The number of benzene rings is 1. The maximum absolute atomic E-state index is 12.7. The number of nitrogens with zero attached hydrogens (tertiary/aromatic N) is 1. The van der Waals surface area contributed by atoms with Gasteiger partial charge in [0.2, 0.25) is 0 Å². The Labute approximate surface area is 130 Å². The molecule has 1 aromatic carbocycles. The van der Waals surface area contributed by atoms with Crippen molar-refractivity contribution in [3.8, 4) is 11.5 Å². The summed E-state index contributed by atoms with van der Waals surface area (Å²) in [4.78, 5) is 14.3. The lowest BCUT2D eigenvalue weighted by molar-refractivity contribution is -0.0108. The van der Waals surface area contributed by atoms with E-state index < -0.39 is 5.60 Å². The Morgan fingerprint density at radius 2 is 2.05 bits per heavy atom. The number of hydrogen-bond donors (Lipinski definition) is 2. The van der Waals surface area contributed by atoms with Gasteiger partial charge < -0.3 is 19.8 Å². The fraction of sp³-hybridized carbons (Fsp3) is 0.588. The van der Waals surface area contributed by atoms with Crippen molar-refractivity contribution in [2.24, 2.45) is 0 Å². The number of rotatable bonds is 1. The number of phenolic OH excluding ortho intramolecular Hbond substituents is 1. The van der Waals surface area contributed by atoms with E-state index in [4.69, 9.17) is 4.74 Å². The zero-order valence-electron chi connectivity index (χ0n) is 13.3. The number of aliphatic hydroxyl groups is 1. The number of ether oxygens (including phenoxy) is 1. The molecule has 120 valence electrons. The van der Waals surface area contributed by atoms with E-state index in [0.29, 0.717) is 25.1 Å². The first-order valence-electron chi connectivity index (χ1n) is 7.74. The summed E-state index contributed by atoms with van der Waals surface area (Å²) in [7, 11) is 0. The average molecular weight is 305 g/mol. The summed E-state index contributed by atoms with van der Waals surface area (Å²) >= 11 is 0. The molecule has 5 heteroatoms. The van der Waals surface area contributed by atoms with Crippen molar-refractivity contribution in [2.45, 2.75) is 51.2 Å². The standard InChI is InChI=1S/C17H23NO4/c1-16(2)9-11-5-6-12(13(19)14(11)22-16)15(20)18-8-4-7-17(3,21)10-18/h5-6,19,21H,4,7-10H2,1-3H3/t17-/m0/s1. The topological polar surface area (TPSA) is 70.0 Å². The van der Waals surface area contributed by atoms with Gasteiger partial charge in [0, 0.05) is 25.1 Å². The first-order chi connectivity index (χ1) is 10.2. The highest BCUT2D eigenvalue weighted by Crippen LogP contribution is 2.43. The Morgan fingerprint density at radius 1 is 1.32 bits per heavy atom. The third-order valence-corrected chi connectivity index (χ3v) is 4.40. The van der Waals surface area contributed by atoms with Gasteiger partial charge in [-0.25, -0.2) is 0 Å². The SMILES string of the molecule is CC1(C)Cc2ccc(C(=O)N3CCC[C@](C)(O)C3)c(O)c2O1. The molecule has 2 N–H and O–H groups in total. The number of piperidine rings is 1. The molecule has 0 spiro atoms. The van der Waals surface area contributed by atoms with Gasteiger partial charge >= 0.3 is 0 Å². The minimum atomic E-state index is -0.862. The molecule has 5 nitrogen and oxygen atoms in total. The molecule has 2 aliphatic rings. The van der Waals surface area contributed by atoms with Crippen LogP contribution < -0.4 is 4.74 Å². The number of carbonyl (C=O) groups excluding carboxylic acids is 1. The van der Waals surface area contributed by atoms with Crippen LogP contribution in [0, 0.1) is 0 Å². The van der Waals surface area contributed by atoms with Gasteiger partial charge in [0.05, 0.1) is 11.2 Å². The molecule has 0 saturated carbocycles. The molecule has 1 atom stereocenters. The van der Waals surface area contributed by atoms with Crippen LogP contribution in [0.3, 0.4) is 0 Å². The molecule has 1 aromatic rings. The van der Waals surface area contributed by atoms with Crippen molar-refractivity contribution < 1.29 is 19.7 Å². The summed E-state index contributed by atoms with van der Waals surface area (Å²) in [5.41, 5.74) is -0.0616. The quantitative estimate of drug-likeness (QED) is 0.833. The van der Waals surface area contributed by atoms with E-state index >= 15 is 0 Å². The second-order valence-electron chi connectivity index (χ2n) is 7.32. The van der Waals surface area contributed by atoms with Crippen LogP contribution in [0.15, 0.2) is 12.1 Å². The lowest BCUT2D eigenvalue weighted by atomic mass is 9.94. The molecule has 0 aromatic heterocycles. The van der Waals surface area contributed by atoms with E-state index in [0.717, 1.165) is 12.0 Å². The third kappa shape index (κ3) is 2.65. The number of likely N-dealkylation sites (tertiary alicyclic amines) is 1. The van der Waals surface area contributed by atoms with E-state index in [9.17, 15) is 15.0 Å². The van der Waals surface area contributed by atoms with Crippen LogP contribution in [0.25, 0.3) is 0 Å². The van der Waals surface area contributed by atoms with Gasteiger partial charge in [-0.3, -0.25) is 4.79 Å². The van der Waals surface area contributed by atoms with Gasteiger partial charge in [0.1, 0.15) is 5.60 Å². The van der Waals surface area contributed by atoms with Crippen molar-refractivity contribution in [1.29, 1.82) is 0 Å². The van der Waals surface area contributed by atoms with Crippen LogP contribution in [0.1, 0.15) is 49.5 Å². The van der Waals surface area contributed by atoms with Crippen LogP contribution in [-0.2, 0) is 6.42 Å². The molecule has 22 heavy (non-hydrogen) atoms. The second kappa shape index (κ2) is 4.88. The fourth-order valence-corrected chi connectivity index (χ4v) is 3.37. The highest BCUT2D eigenvalue weighted by atomic mass is 16.5. The number of phenols is 1. The highest BCUT2D eigenvalue weighted by Gasteiger charge is 2.36. The summed E-state index contributed by atoms with van der Waals surface area (Å²) < 4.78 is 5.77. The monoisotopic (exact) mass is 305 g/mol. The number of β-amino-alcohol motifs (C(OH)–C–C–N with tert-alkyl or cyclic N) is 1. The number of amides is 1. The molecule has 1 saturated heterocycles.